The largest absolute Gasteiger partial charge is 0.321 e. The van der Waals surface area contributed by atoms with Crippen LogP contribution in [0, 0.1) is 0 Å². The monoisotopic (exact) mass is 396 g/mol. The van der Waals surface area contributed by atoms with E-state index in [4.69, 9.17) is 0 Å². The van der Waals surface area contributed by atoms with Crippen LogP contribution < -0.4 is 10.5 Å². The quantitative estimate of drug-likeness (QED) is 0.683. The van der Waals surface area contributed by atoms with E-state index < -0.39 is 11.5 Å². The van der Waals surface area contributed by atoms with Crippen molar-refractivity contribution in [3.05, 3.63) is 74.5 Å². The number of anilines is 1. The first-order valence-electron chi connectivity index (χ1n) is 7.81. The summed E-state index contributed by atoms with van der Waals surface area (Å²) >= 11 is 3.39. The van der Waals surface area contributed by atoms with E-state index >= 15 is 0 Å². The fraction of sp³-hybridized carbons (Fsp3) is 0.105. The van der Waals surface area contributed by atoms with E-state index in [1.54, 1.807) is 36.4 Å². The van der Waals surface area contributed by atoms with Gasteiger partial charge >= 0.3 is 0 Å². The molecular formula is C19H13BrN2O3. The lowest BCUT2D eigenvalue weighted by Gasteiger charge is -2.28. The van der Waals surface area contributed by atoms with Crippen LogP contribution in [0.15, 0.2) is 57.8 Å². The lowest BCUT2D eigenvalue weighted by atomic mass is 9.99. The highest BCUT2D eigenvalue weighted by atomic mass is 79.9. The van der Waals surface area contributed by atoms with E-state index in [-0.39, 0.29) is 24.3 Å². The Kier molecular flexibility index (Phi) is 3.77. The number of para-hydroxylation sites is 1. The molecule has 2 heterocycles. The predicted octanol–water partition coefficient (Wildman–Crippen LogP) is 3.52. The SMILES string of the molecule is O=C1CCN(C(=O)c2cc3cc(Br)ccc3[nH]c2=O)c2ccccc21. The first kappa shape index (κ1) is 15.8. The highest BCUT2D eigenvalue weighted by Gasteiger charge is 2.28. The highest BCUT2D eigenvalue weighted by Crippen LogP contribution is 2.28. The number of amides is 1. The number of aromatic amines is 1. The van der Waals surface area contributed by atoms with Gasteiger partial charge in [-0.25, -0.2) is 0 Å². The topological polar surface area (TPSA) is 70.2 Å². The van der Waals surface area contributed by atoms with Gasteiger partial charge in [0.05, 0.1) is 5.69 Å². The Hall–Kier alpha value is -2.73. The molecule has 0 atom stereocenters. The summed E-state index contributed by atoms with van der Waals surface area (Å²) in [5.74, 6) is -0.390. The van der Waals surface area contributed by atoms with E-state index in [1.165, 1.54) is 4.90 Å². The summed E-state index contributed by atoms with van der Waals surface area (Å²) < 4.78 is 0.861. The number of pyridine rings is 1. The van der Waals surface area contributed by atoms with Gasteiger partial charge in [0.1, 0.15) is 5.56 Å². The first-order valence-corrected chi connectivity index (χ1v) is 8.60. The van der Waals surface area contributed by atoms with Crippen molar-refractivity contribution in [3.63, 3.8) is 0 Å². The summed E-state index contributed by atoms with van der Waals surface area (Å²) in [6, 6.07) is 14.0. The Labute approximate surface area is 151 Å². The molecule has 0 spiro atoms. The maximum absolute atomic E-state index is 13.0. The molecule has 0 aliphatic carbocycles. The summed E-state index contributed by atoms with van der Waals surface area (Å²) in [5, 5.41) is 0.763. The fourth-order valence-corrected chi connectivity index (χ4v) is 3.48. The molecule has 0 saturated heterocycles. The number of hydrogen-bond acceptors (Lipinski definition) is 3. The van der Waals surface area contributed by atoms with Crippen LogP contribution in [0.5, 0.6) is 0 Å². The number of benzene rings is 2. The molecule has 1 aliphatic rings. The number of ketones is 1. The van der Waals surface area contributed by atoms with Crippen molar-refractivity contribution in [2.75, 3.05) is 11.4 Å². The maximum Gasteiger partial charge on any atom is 0.263 e. The van der Waals surface area contributed by atoms with E-state index in [9.17, 15) is 14.4 Å². The lowest BCUT2D eigenvalue weighted by Crippen LogP contribution is -2.39. The van der Waals surface area contributed by atoms with Crippen LogP contribution in [0.2, 0.25) is 0 Å². The molecular weight excluding hydrogens is 384 g/mol. The minimum Gasteiger partial charge on any atom is -0.321 e. The van der Waals surface area contributed by atoms with Crippen LogP contribution in [0.1, 0.15) is 27.1 Å². The van der Waals surface area contributed by atoms with Gasteiger partial charge in [-0.3, -0.25) is 14.4 Å². The van der Waals surface area contributed by atoms with Crippen LogP contribution in [-0.4, -0.2) is 23.2 Å². The van der Waals surface area contributed by atoms with Gasteiger partial charge in [-0.2, -0.15) is 0 Å². The molecule has 0 bridgehead atoms. The van der Waals surface area contributed by atoms with Gasteiger partial charge in [0.2, 0.25) is 0 Å². The van der Waals surface area contributed by atoms with Crippen molar-refractivity contribution >= 4 is 44.2 Å². The van der Waals surface area contributed by atoms with Crippen molar-refractivity contribution in [1.29, 1.82) is 0 Å². The summed E-state index contributed by atoms with van der Waals surface area (Å²) in [5.41, 5.74) is 1.36. The number of carbonyl (C=O) groups excluding carboxylic acids is 2. The van der Waals surface area contributed by atoms with E-state index in [0.717, 1.165) is 9.86 Å². The summed E-state index contributed by atoms with van der Waals surface area (Å²) in [7, 11) is 0. The molecule has 25 heavy (non-hydrogen) atoms. The Morgan fingerprint density at radius 3 is 2.72 bits per heavy atom. The lowest BCUT2D eigenvalue weighted by molar-refractivity contribution is 0.0954. The van der Waals surface area contributed by atoms with Gasteiger partial charge in [-0.1, -0.05) is 28.1 Å². The minimum atomic E-state index is -0.436. The number of nitrogens with zero attached hydrogens (tertiary/aromatic N) is 1. The highest BCUT2D eigenvalue weighted by molar-refractivity contribution is 9.10. The Bertz CT molecular complexity index is 1090. The van der Waals surface area contributed by atoms with Crippen molar-refractivity contribution < 1.29 is 9.59 Å². The third kappa shape index (κ3) is 2.68. The minimum absolute atomic E-state index is 0.0102. The Morgan fingerprint density at radius 1 is 1.08 bits per heavy atom. The second-order valence-corrected chi connectivity index (χ2v) is 6.81. The van der Waals surface area contributed by atoms with Gasteiger partial charge in [0, 0.05) is 33.9 Å². The number of rotatable bonds is 1. The number of H-pyrrole nitrogens is 1. The molecule has 1 amide bonds. The third-order valence-corrected chi connectivity index (χ3v) is 4.83. The van der Waals surface area contributed by atoms with Crippen LogP contribution in [0.4, 0.5) is 5.69 Å². The molecule has 0 fully saturated rings. The molecule has 2 aromatic carbocycles. The number of Topliss-reactive ketones (excluding diaryl/α,β-unsaturated/α-hetero) is 1. The first-order chi connectivity index (χ1) is 12.0. The average molecular weight is 397 g/mol. The van der Waals surface area contributed by atoms with Crippen molar-refractivity contribution in [2.24, 2.45) is 0 Å². The average Bonchev–Trinajstić information content (AvgIpc) is 2.61. The zero-order valence-electron chi connectivity index (χ0n) is 13.1. The van der Waals surface area contributed by atoms with Gasteiger partial charge in [0.15, 0.2) is 5.78 Å². The van der Waals surface area contributed by atoms with Gasteiger partial charge < -0.3 is 9.88 Å². The Balaban J connectivity index is 1.83. The normalized spacial score (nSPS) is 13.8. The predicted molar refractivity (Wildman–Crippen MR) is 99.3 cm³/mol. The number of hydrogen-bond donors (Lipinski definition) is 1. The summed E-state index contributed by atoms with van der Waals surface area (Å²) in [6.45, 7) is 0.268. The molecule has 0 unspecified atom stereocenters. The van der Waals surface area contributed by atoms with Crippen LogP contribution in [0.3, 0.4) is 0 Å². The summed E-state index contributed by atoms with van der Waals surface area (Å²) in [6.07, 6.45) is 0.250. The second kappa shape index (κ2) is 5.97. The Morgan fingerprint density at radius 2 is 1.88 bits per heavy atom. The number of fused-ring (bicyclic) bond motifs is 2. The molecule has 6 heteroatoms. The number of halogens is 1. The molecule has 4 rings (SSSR count). The molecule has 124 valence electrons. The molecule has 0 radical (unpaired) electrons. The van der Waals surface area contributed by atoms with Crippen molar-refractivity contribution in [2.45, 2.75) is 6.42 Å². The van der Waals surface area contributed by atoms with Crippen molar-refractivity contribution in [3.8, 4) is 0 Å². The maximum atomic E-state index is 13.0. The van der Waals surface area contributed by atoms with E-state index in [1.807, 2.05) is 12.1 Å². The van der Waals surface area contributed by atoms with Crippen LogP contribution >= 0.6 is 15.9 Å². The van der Waals surface area contributed by atoms with Crippen LogP contribution in [-0.2, 0) is 0 Å². The molecule has 0 saturated carbocycles. The number of aromatic nitrogens is 1. The van der Waals surface area contributed by atoms with Crippen LogP contribution in [0.25, 0.3) is 10.9 Å². The molecule has 1 aliphatic heterocycles. The van der Waals surface area contributed by atoms with Gasteiger partial charge in [0.25, 0.3) is 11.5 Å². The zero-order chi connectivity index (χ0) is 17.6. The van der Waals surface area contributed by atoms with Gasteiger partial charge in [-0.05, 0) is 36.4 Å². The van der Waals surface area contributed by atoms with E-state index in [0.29, 0.717) is 16.8 Å². The fourth-order valence-electron chi connectivity index (χ4n) is 3.11. The molecule has 3 aromatic rings. The number of nitrogens with one attached hydrogen (secondary N) is 1. The zero-order valence-corrected chi connectivity index (χ0v) is 14.7. The summed E-state index contributed by atoms with van der Waals surface area (Å²) in [4.78, 5) is 41.7. The standard InChI is InChI=1S/C19H13BrN2O3/c20-12-5-6-15-11(9-12)10-14(18(24)21-15)19(25)22-8-7-17(23)13-3-1-2-4-16(13)22/h1-6,9-10H,7-8H2,(H,21,24). The third-order valence-electron chi connectivity index (χ3n) is 4.34. The molecule has 1 aromatic heterocycles. The smallest absolute Gasteiger partial charge is 0.263 e. The van der Waals surface area contributed by atoms with Crippen molar-refractivity contribution in [1.82, 2.24) is 4.98 Å². The molecule has 5 nitrogen and oxygen atoms in total. The van der Waals surface area contributed by atoms with Gasteiger partial charge in [-0.15, -0.1) is 0 Å². The number of carbonyl (C=O) groups is 2. The van der Waals surface area contributed by atoms with E-state index in [2.05, 4.69) is 20.9 Å². The second-order valence-electron chi connectivity index (χ2n) is 5.89. The molecule has 1 N–H and O–H groups in total.